The summed E-state index contributed by atoms with van der Waals surface area (Å²) in [4.78, 5) is 24.8. The van der Waals surface area contributed by atoms with Crippen LogP contribution in [0, 0.1) is 0 Å². The highest BCUT2D eigenvalue weighted by Crippen LogP contribution is 2.28. The van der Waals surface area contributed by atoms with Crippen molar-refractivity contribution in [2.24, 2.45) is 0 Å². The Morgan fingerprint density at radius 2 is 2.00 bits per heavy atom. The fraction of sp³-hybridized carbons (Fsp3) is 0.312. The molecule has 1 N–H and O–H groups in total. The minimum atomic E-state index is -1.01. The van der Waals surface area contributed by atoms with E-state index in [0.29, 0.717) is 0 Å². The molecule has 0 spiro atoms. The van der Waals surface area contributed by atoms with E-state index in [1.165, 1.54) is 4.90 Å². The third-order valence-corrected chi connectivity index (χ3v) is 3.70. The molecule has 1 aromatic carbocycles. The standard InChI is InChI=1S/C16H17N3O4/c1-23-13-6-4-12(5-7-13)19-9-8-14(17-19)16(22)18(10-15(20)21)11-2-3-11/h4-9,11H,2-3,10H2,1H3,(H,20,21). The summed E-state index contributed by atoms with van der Waals surface area (Å²) in [5.41, 5.74) is 1.04. The van der Waals surface area contributed by atoms with E-state index in [2.05, 4.69) is 5.10 Å². The fourth-order valence-corrected chi connectivity index (χ4v) is 2.36. The molecule has 1 fully saturated rings. The van der Waals surface area contributed by atoms with Gasteiger partial charge < -0.3 is 14.7 Å². The predicted molar refractivity (Wildman–Crippen MR) is 81.8 cm³/mol. The third-order valence-electron chi connectivity index (χ3n) is 3.70. The zero-order valence-corrected chi connectivity index (χ0v) is 12.7. The molecule has 7 heteroatoms. The van der Waals surface area contributed by atoms with Crippen molar-refractivity contribution >= 4 is 11.9 Å². The summed E-state index contributed by atoms with van der Waals surface area (Å²) in [7, 11) is 1.59. The van der Waals surface area contributed by atoms with E-state index in [-0.39, 0.29) is 24.2 Å². The second-order valence-electron chi connectivity index (χ2n) is 5.40. The van der Waals surface area contributed by atoms with Gasteiger partial charge in [-0.1, -0.05) is 0 Å². The molecule has 0 saturated heterocycles. The quantitative estimate of drug-likeness (QED) is 0.874. The molecule has 3 rings (SSSR count). The van der Waals surface area contributed by atoms with Crippen molar-refractivity contribution in [2.45, 2.75) is 18.9 Å². The average molecular weight is 315 g/mol. The lowest BCUT2D eigenvalue weighted by atomic mass is 10.3. The summed E-state index contributed by atoms with van der Waals surface area (Å²) in [6, 6.07) is 8.89. The van der Waals surface area contributed by atoms with Crippen LogP contribution in [-0.4, -0.2) is 51.4 Å². The van der Waals surface area contributed by atoms with Crippen LogP contribution in [0.25, 0.3) is 5.69 Å². The number of methoxy groups -OCH3 is 1. The molecular weight excluding hydrogens is 298 g/mol. The topological polar surface area (TPSA) is 84.7 Å². The number of carboxylic acids is 1. The van der Waals surface area contributed by atoms with Crippen LogP contribution >= 0.6 is 0 Å². The lowest BCUT2D eigenvalue weighted by Crippen LogP contribution is -2.37. The largest absolute Gasteiger partial charge is 0.497 e. The maximum atomic E-state index is 12.5. The van der Waals surface area contributed by atoms with Crippen LogP contribution in [0.1, 0.15) is 23.3 Å². The molecule has 0 unspecified atom stereocenters. The molecule has 0 atom stereocenters. The highest BCUT2D eigenvalue weighted by molar-refractivity contribution is 5.94. The summed E-state index contributed by atoms with van der Waals surface area (Å²) in [6.45, 7) is -0.293. The number of benzene rings is 1. The van der Waals surface area contributed by atoms with Gasteiger partial charge in [-0.05, 0) is 43.2 Å². The number of carbonyl (C=O) groups is 2. The molecule has 0 aliphatic heterocycles. The van der Waals surface area contributed by atoms with Crippen molar-refractivity contribution in [3.8, 4) is 11.4 Å². The average Bonchev–Trinajstić information content (AvgIpc) is 3.28. The fourth-order valence-electron chi connectivity index (χ4n) is 2.36. The molecule has 0 bridgehead atoms. The molecule has 1 aromatic heterocycles. The summed E-state index contributed by atoms with van der Waals surface area (Å²) >= 11 is 0. The summed E-state index contributed by atoms with van der Waals surface area (Å²) in [5, 5.41) is 13.2. The Balaban J connectivity index is 1.79. The van der Waals surface area contributed by atoms with Gasteiger partial charge in [-0.15, -0.1) is 0 Å². The molecule has 2 aromatic rings. The zero-order valence-electron chi connectivity index (χ0n) is 12.7. The van der Waals surface area contributed by atoms with Crippen LogP contribution in [0.5, 0.6) is 5.75 Å². The van der Waals surface area contributed by atoms with Crippen LogP contribution in [0.2, 0.25) is 0 Å². The number of ether oxygens (including phenoxy) is 1. The minimum absolute atomic E-state index is 0.0183. The van der Waals surface area contributed by atoms with Crippen molar-refractivity contribution in [2.75, 3.05) is 13.7 Å². The van der Waals surface area contributed by atoms with E-state index in [9.17, 15) is 9.59 Å². The van der Waals surface area contributed by atoms with Gasteiger partial charge >= 0.3 is 5.97 Å². The number of hydrogen-bond donors (Lipinski definition) is 1. The Bertz CT molecular complexity index is 719. The summed E-state index contributed by atoms with van der Waals surface area (Å²) in [6.07, 6.45) is 3.37. The van der Waals surface area contributed by atoms with E-state index in [1.807, 2.05) is 12.1 Å². The van der Waals surface area contributed by atoms with Crippen molar-refractivity contribution in [1.82, 2.24) is 14.7 Å². The lowest BCUT2D eigenvalue weighted by Gasteiger charge is -2.18. The van der Waals surface area contributed by atoms with E-state index >= 15 is 0 Å². The molecule has 1 saturated carbocycles. The van der Waals surface area contributed by atoms with Gasteiger partial charge in [-0.25, -0.2) is 4.68 Å². The predicted octanol–water partition coefficient (Wildman–Crippen LogP) is 1.57. The molecule has 1 aliphatic rings. The molecule has 1 aliphatic carbocycles. The second-order valence-corrected chi connectivity index (χ2v) is 5.40. The van der Waals surface area contributed by atoms with Gasteiger partial charge in [0.05, 0.1) is 12.8 Å². The van der Waals surface area contributed by atoms with Gasteiger partial charge in [0.15, 0.2) is 5.69 Å². The lowest BCUT2D eigenvalue weighted by molar-refractivity contribution is -0.137. The van der Waals surface area contributed by atoms with Gasteiger partial charge in [-0.2, -0.15) is 5.10 Å². The SMILES string of the molecule is COc1ccc(-n2ccc(C(=O)N(CC(=O)O)C3CC3)n2)cc1. The van der Waals surface area contributed by atoms with Gasteiger partial charge in [-0.3, -0.25) is 9.59 Å². The van der Waals surface area contributed by atoms with Crippen LogP contribution in [0.4, 0.5) is 0 Å². The molecule has 0 radical (unpaired) electrons. The third kappa shape index (κ3) is 3.33. The second kappa shape index (κ2) is 6.12. The highest BCUT2D eigenvalue weighted by atomic mass is 16.5. The van der Waals surface area contributed by atoms with Crippen molar-refractivity contribution < 1.29 is 19.4 Å². The van der Waals surface area contributed by atoms with Crippen LogP contribution in [0.15, 0.2) is 36.5 Å². The first kappa shape index (κ1) is 15.1. The number of hydrogen-bond acceptors (Lipinski definition) is 4. The molecule has 1 amide bonds. The highest BCUT2D eigenvalue weighted by Gasteiger charge is 2.35. The number of amides is 1. The minimum Gasteiger partial charge on any atom is -0.497 e. The Kier molecular flexibility index (Phi) is 4.01. The maximum absolute atomic E-state index is 12.5. The van der Waals surface area contributed by atoms with E-state index in [4.69, 9.17) is 9.84 Å². The molecule has 1 heterocycles. The van der Waals surface area contributed by atoms with Crippen LogP contribution in [-0.2, 0) is 4.79 Å². The Hall–Kier alpha value is -2.83. The smallest absolute Gasteiger partial charge is 0.323 e. The Morgan fingerprint density at radius 1 is 1.30 bits per heavy atom. The number of carbonyl (C=O) groups excluding carboxylic acids is 1. The Morgan fingerprint density at radius 3 is 2.57 bits per heavy atom. The molecule has 23 heavy (non-hydrogen) atoms. The Labute approximate surface area is 133 Å². The first-order valence-corrected chi connectivity index (χ1v) is 7.31. The van der Waals surface area contributed by atoms with Gasteiger partial charge in [0.25, 0.3) is 5.91 Å². The number of carboxylic acid groups (broad SMARTS) is 1. The molecular formula is C16H17N3O4. The monoisotopic (exact) mass is 315 g/mol. The van der Waals surface area contributed by atoms with Crippen LogP contribution in [0.3, 0.4) is 0 Å². The van der Waals surface area contributed by atoms with Crippen molar-refractivity contribution in [3.05, 3.63) is 42.2 Å². The van der Waals surface area contributed by atoms with E-state index < -0.39 is 5.97 Å². The van der Waals surface area contributed by atoms with Crippen molar-refractivity contribution in [3.63, 3.8) is 0 Å². The molecule has 120 valence electrons. The van der Waals surface area contributed by atoms with Gasteiger partial charge in [0.1, 0.15) is 12.3 Å². The first-order valence-electron chi connectivity index (χ1n) is 7.31. The zero-order chi connectivity index (χ0) is 16.4. The number of rotatable bonds is 6. The summed E-state index contributed by atoms with van der Waals surface area (Å²) < 4.78 is 6.69. The van der Waals surface area contributed by atoms with E-state index in [0.717, 1.165) is 24.3 Å². The number of aliphatic carboxylic acids is 1. The summed E-state index contributed by atoms with van der Waals surface area (Å²) in [5.74, 6) is -0.624. The van der Waals surface area contributed by atoms with Crippen LogP contribution < -0.4 is 4.74 Å². The first-order chi connectivity index (χ1) is 11.1. The number of nitrogens with zero attached hydrogens (tertiary/aromatic N) is 3. The molecule has 7 nitrogen and oxygen atoms in total. The van der Waals surface area contributed by atoms with Gasteiger partial charge in [0, 0.05) is 12.2 Å². The normalized spacial score (nSPS) is 13.6. The van der Waals surface area contributed by atoms with Crippen molar-refractivity contribution in [1.29, 1.82) is 0 Å². The van der Waals surface area contributed by atoms with Gasteiger partial charge in [0.2, 0.25) is 0 Å². The van der Waals surface area contributed by atoms with E-state index in [1.54, 1.807) is 36.2 Å². The maximum Gasteiger partial charge on any atom is 0.323 e. The number of aromatic nitrogens is 2.